The van der Waals surface area contributed by atoms with Crippen molar-refractivity contribution < 1.29 is 9.53 Å². The van der Waals surface area contributed by atoms with Gasteiger partial charge in [-0.2, -0.15) is 0 Å². The van der Waals surface area contributed by atoms with E-state index in [1.54, 1.807) is 24.4 Å². The second-order valence-electron chi connectivity index (χ2n) is 5.39. The zero-order valence-electron chi connectivity index (χ0n) is 13.3. The highest BCUT2D eigenvalue weighted by molar-refractivity contribution is 5.94. The highest BCUT2D eigenvalue weighted by Crippen LogP contribution is 2.22. The molecular weight excluding hydrogens is 300 g/mol. The van der Waals surface area contributed by atoms with E-state index in [-0.39, 0.29) is 11.9 Å². The number of nitrogens with zero attached hydrogens (tertiary/aromatic N) is 1. The summed E-state index contributed by atoms with van der Waals surface area (Å²) in [6.07, 6.45) is 1.71. The summed E-state index contributed by atoms with van der Waals surface area (Å²) >= 11 is 0. The Morgan fingerprint density at radius 3 is 2.46 bits per heavy atom. The fourth-order valence-electron chi connectivity index (χ4n) is 2.31. The molecule has 0 aliphatic rings. The van der Waals surface area contributed by atoms with Crippen molar-refractivity contribution in [2.24, 2.45) is 0 Å². The predicted octanol–water partition coefficient (Wildman–Crippen LogP) is 4.36. The van der Waals surface area contributed by atoms with E-state index >= 15 is 0 Å². The van der Waals surface area contributed by atoms with Crippen molar-refractivity contribution in [1.82, 2.24) is 10.3 Å². The Kier molecular flexibility index (Phi) is 4.87. The molecule has 0 saturated carbocycles. The van der Waals surface area contributed by atoms with Crippen LogP contribution in [0.15, 0.2) is 79.0 Å². The van der Waals surface area contributed by atoms with Crippen molar-refractivity contribution in [3.63, 3.8) is 0 Å². The number of rotatable bonds is 5. The Morgan fingerprint density at radius 2 is 1.71 bits per heavy atom. The van der Waals surface area contributed by atoms with Gasteiger partial charge in [-0.15, -0.1) is 0 Å². The molecule has 1 N–H and O–H groups in total. The Labute approximate surface area is 141 Å². The number of hydrogen-bond donors (Lipinski definition) is 1. The van der Waals surface area contributed by atoms with Crippen molar-refractivity contribution in [2.45, 2.75) is 13.0 Å². The number of carbonyl (C=O) groups excluding carboxylic acids is 1. The van der Waals surface area contributed by atoms with E-state index < -0.39 is 0 Å². The number of pyridine rings is 1. The third-order valence-electron chi connectivity index (χ3n) is 3.55. The number of para-hydroxylation sites is 1. The summed E-state index contributed by atoms with van der Waals surface area (Å²) in [6.45, 7) is 1.91. The van der Waals surface area contributed by atoms with Crippen molar-refractivity contribution in [3.05, 3.63) is 90.3 Å². The third kappa shape index (κ3) is 3.98. The Morgan fingerprint density at radius 1 is 0.958 bits per heavy atom. The van der Waals surface area contributed by atoms with Crippen LogP contribution in [0.4, 0.5) is 0 Å². The molecule has 0 radical (unpaired) electrons. The van der Waals surface area contributed by atoms with Crippen LogP contribution in [0.2, 0.25) is 0 Å². The first-order valence-electron chi connectivity index (χ1n) is 7.77. The maximum absolute atomic E-state index is 12.4. The molecule has 0 saturated heterocycles. The first-order valence-corrected chi connectivity index (χ1v) is 7.77. The summed E-state index contributed by atoms with van der Waals surface area (Å²) in [7, 11) is 0. The highest BCUT2D eigenvalue weighted by Gasteiger charge is 2.12. The minimum Gasteiger partial charge on any atom is -0.457 e. The first kappa shape index (κ1) is 15.7. The largest absolute Gasteiger partial charge is 0.457 e. The summed E-state index contributed by atoms with van der Waals surface area (Å²) in [6, 6.07) is 22.1. The van der Waals surface area contributed by atoms with Gasteiger partial charge in [0.2, 0.25) is 0 Å². The zero-order chi connectivity index (χ0) is 16.8. The summed E-state index contributed by atoms with van der Waals surface area (Å²) < 4.78 is 5.77. The van der Waals surface area contributed by atoms with Crippen LogP contribution in [0.5, 0.6) is 11.5 Å². The fraction of sp³-hybridized carbons (Fsp3) is 0.100. The molecule has 0 aliphatic carbocycles. The van der Waals surface area contributed by atoms with Crippen LogP contribution in [-0.4, -0.2) is 10.9 Å². The molecule has 1 atom stereocenters. The molecule has 1 unspecified atom stereocenters. The van der Waals surface area contributed by atoms with E-state index in [1.807, 2.05) is 61.5 Å². The van der Waals surface area contributed by atoms with E-state index in [4.69, 9.17) is 4.74 Å². The lowest BCUT2D eigenvalue weighted by atomic mass is 10.1. The van der Waals surface area contributed by atoms with Crippen LogP contribution in [0, 0.1) is 0 Å². The number of benzene rings is 2. The first-order chi connectivity index (χ1) is 11.7. The number of ether oxygens (including phenoxy) is 1. The average Bonchev–Trinajstić information content (AvgIpc) is 2.63. The Balaban J connectivity index is 1.70. The lowest BCUT2D eigenvalue weighted by Crippen LogP contribution is -2.27. The quantitative estimate of drug-likeness (QED) is 0.760. The van der Waals surface area contributed by atoms with E-state index in [2.05, 4.69) is 10.3 Å². The predicted molar refractivity (Wildman–Crippen MR) is 93.1 cm³/mol. The van der Waals surface area contributed by atoms with Gasteiger partial charge < -0.3 is 10.1 Å². The van der Waals surface area contributed by atoms with Crippen molar-refractivity contribution in [2.75, 3.05) is 0 Å². The minimum atomic E-state index is -0.169. The molecule has 4 nitrogen and oxygen atoms in total. The average molecular weight is 318 g/mol. The maximum atomic E-state index is 12.4. The lowest BCUT2D eigenvalue weighted by molar-refractivity contribution is 0.0939. The molecule has 0 aliphatic heterocycles. The van der Waals surface area contributed by atoms with Crippen LogP contribution >= 0.6 is 0 Å². The molecule has 3 aromatic rings. The molecule has 1 amide bonds. The van der Waals surface area contributed by atoms with E-state index in [0.717, 1.165) is 11.4 Å². The van der Waals surface area contributed by atoms with Crippen molar-refractivity contribution in [1.29, 1.82) is 0 Å². The van der Waals surface area contributed by atoms with Gasteiger partial charge in [0, 0.05) is 11.8 Å². The van der Waals surface area contributed by atoms with Crippen molar-refractivity contribution >= 4 is 5.91 Å². The fourth-order valence-corrected chi connectivity index (χ4v) is 2.31. The molecule has 120 valence electrons. The van der Waals surface area contributed by atoms with E-state index in [1.165, 1.54) is 0 Å². The van der Waals surface area contributed by atoms with Gasteiger partial charge in [-0.05, 0) is 49.4 Å². The molecular formula is C20H18N2O2. The normalized spacial score (nSPS) is 11.5. The molecule has 0 bridgehead atoms. The molecule has 0 fully saturated rings. The molecule has 24 heavy (non-hydrogen) atoms. The molecule has 1 aromatic heterocycles. The van der Waals surface area contributed by atoms with Gasteiger partial charge in [-0.1, -0.05) is 30.3 Å². The Hall–Kier alpha value is -3.14. The van der Waals surface area contributed by atoms with Crippen molar-refractivity contribution in [3.8, 4) is 11.5 Å². The molecule has 4 heteroatoms. The SMILES string of the molecule is CC(NC(=O)c1cccc(Oc2ccccc2)c1)c1ccccn1. The van der Waals surface area contributed by atoms with Gasteiger partial charge in [0.25, 0.3) is 5.91 Å². The Bertz CT molecular complexity index is 804. The van der Waals surface area contributed by atoms with Gasteiger partial charge in [0.05, 0.1) is 11.7 Å². The second kappa shape index (κ2) is 7.42. The van der Waals surface area contributed by atoms with Gasteiger partial charge in [-0.25, -0.2) is 0 Å². The molecule has 2 aromatic carbocycles. The highest BCUT2D eigenvalue weighted by atomic mass is 16.5. The van der Waals surface area contributed by atoms with Gasteiger partial charge in [-0.3, -0.25) is 9.78 Å². The molecule has 0 spiro atoms. The topological polar surface area (TPSA) is 51.2 Å². The molecule has 3 rings (SSSR count). The summed E-state index contributed by atoms with van der Waals surface area (Å²) in [5.41, 5.74) is 1.37. The van der Waals surface area contributed by atoms with Crippen LogP contribution < -0.4 is 10.1 Å². The number of hydrogen-bond acceptors (Lipinski definition) is 3. The standard InChI is InChI=1S/C20H18N2O2/c1-15(19-12-5-6-13-21-19)22-20(23)16-8-7-11-18(14-16)24-17-9-3-2-4-10-17/h2-15H,1H3,(H,22,23). The van der Waals surface area contributed by atoms with Gasteiger partial charge >= 0.3 is 0 Å². The van der Waals surface area contributed by atoms with Crippen LogP contribution in [0.3, 0.4) is 0 Å². The summed E-state index contributed by atoms with van der Waals surface area (Å²) in [5, 5.41) is 2.95. The number of carbonyl (C=O) groups is 1. The zero-order valence-corrected chi connectivity index (χ0v) is 13.3. The maximum Gasteiger partial charge on any atom is 0.251 e. The smallest absolute Gasteiger partial charge is 0.251 e. The number of nitrogens with one attached hydrogen (secondary N) is 1. The van der Waals surface area contributed by atoms with Crippen LogP contribution in [0.25, 0.3) is 0 Å². The lowest BCUT2D eigenvalue weighted by Gasteiger charge is -2.14. The summed E-state index contributed by atoms with van der Waals surface area (Å²) in [4.78, 5) is 16.7. The number of amides is 1. The van der Waals surface area contributed by atoms with Crippen LogP contribution in [-0.2, 0) is 0 Å². The van der Waals surface area contributed by atoms with Gasteiger partial charge in [0.1, 0.15) is 11.5 Å². The third-order valence-corrected chi connectivity index (χ3v) is 3.55. The second-order valence-corrected chi connectivity index (χ2v) is 5.39. The molecule has 1 heterocycles. The van der Waals surface area contributed by atoms with E-state index in [9.17, 15) is 4.79 Å². The van der Waals surface area contributed by atoms with Crippen LogP contribution in [0.1, 0.15) is 29.0 Å². The van der Waals surface area contributed by atoms with E-state index in [0.29, 0.717) is 11.3 Å². The minimum absolute atomic E-state index is 0.160. The number of aromatic nitrogens is 1. The van der Waals surface area contributed by atoms with Gasteiger partial charge in [0.15, 0.2) is 0 Å². The monoisotopic (exact) mass is 318 g/mol. The summed E-state index contributed by atoms with van der Waals surface area (Å²) in [5.74, 6) is 1.20.